The number of nitrogens with zero attached hydrogens (tertiary/aromatic N) is 3. The van der Waals surface area contributed by atoms with Crippen LogP contribution in [0.3, 0.4) is 0 Å². The van der Waals surface area contributed by atoms with Gasteiger partial charge in [0.1, 0.15) is 22.8 Å². The molecule has 2 aromatic carbocycles. The van der Waals surface area contributed by atoms with Crippen molar-refractivity contribution in [2.75, 3.05) is 14.2 Å². The molecule has 0 radical (unpaired) electrons. The summed E-state index contributed by atoms with van der Waals surface area (Å²) in [5.74, 6) is 1.02. The fraction of sp³-hybridized carbons (Fsp3) is 0.190. The minimum absolute atomic E-state index is 0.0760. The molecule has 31 heavy (non-hydrogen) atoms. The summed E-state index contributed by atoms with van der Waals surface area (Å²) < 4.78 is 26.6. The van der Waals surface area contributed by atoms with Gasteiger partial charge in [-0.2, -0.15) is 0 Å². The van der Waals surface area contributed by atoms with Gasteiger partial charge < -0.3 is 19.0 Å². The first-order chi connectivity index (χ1) is 15.0. The zero-order valence-electron chi connectivity index (χ0n) is 16.8. The Morgan fingerprint density at radius 2 is 2.06 bits per heavy atom. The molecule has 0 unspecified atom stereocenters. The Kier molecular flexibility index (Phi) is 6.15. The molecule has 7 nitrogen and oxygen atoms in total. The van der Waals surface area contributed by atoms with Gasteiger partial charge in [-0.15, -0.1) is 0 Å². The molecule has 2 heterocycles. The Morgan fingerprint density at radius 3 is 2.81 bits per heavy atom. The molecule has 0 bridgehead atoms. The molecular formula is C21H19ClFN5O2S. The molecule has 0 spiro atoms. The minimum Gasteiger partial charge on any atom is -0.497 e. The van der Waals surface area contributed by atoms with E-state index >= 15 is 0 Å². The van der Waals surface area contributed by atoms with Gasteiger partial charge in [0.05, 0.1) is 25.4 Å². The number of imidazole rings is 1. The van der Waals surface area contributed by atoms with Crippen LogP contribution in [0.25, 0.3) is 11.2 Å². The molecule has 0 saturated heterocycles. The van der Waals surface area contributed by atoms with E-state index in [0.717, 1.165) is 4.90 Å². The lowest BCUT2D eigenvalue weighted by Gasteiger charge is -2.09. The molecule has 0 amide bonds. The lowest BCUT2D eigenvalue weighted by atomic mass is 10.1. The first-order valence-electron chi connectivity index (χ1n) is 9.32. The summed E-state index contributed by atoms with van der Waals surface area (Å²) in [7, 11) is 3.19. The van der Waals surface area contributed by atoms with Crippen LogP contribution in [0.15, 0.2) is 52.8 Å². The van der Waals surface area contributed by atoms with Crippen LogP contribution < -0.4 is 15.0 Å². The van der Waals surface area contributed by atoms with Crippen molar-refractivity contribution in [2.45, 2.75) is 23.0 Å². The van der Waals surface area contributed by atoms with Crippen molar-refractivity contribution in [1.82, 2.24) is 19.5 Å². The number of nitrogens with one attached hydrogen (secondary N) is 2. The smallest absolute Gasteiger partial charge is 0.173 e. The van der Waals surface area contributed by atoms with Crippen LogP contribution in [0.2, 0.25) is 5.02 Å². The molecule has 4 rings (SSSR count). The van der Waals surface area contributed by atoms with Crippen molar-refractivity contribution in [3.8, 4) is 11.5 Å². The second kappa shape index (κ2) is 8.99. The quantitative estimate of drug-likeness (QED) is 0.426. The van der Waals surface area contributed by atoms with Gasteiger partial charge in [0.15, 0.2) is 16.3 Å². The third-order valence-electron chi connectivity index (χ3n) is 4.74. The monoisotopic (exact) mass is 459 g/mol. The summed E-state index contributed by atoms with van der Waals surface area (Å²) in [5, 5.41) is 9.08. The van der Waals surface area contributed by atoms with E-state index in [4.69, 9.17) is 26.5 Å². The maximum absolute atomic E-state index is 14.1. The predicted octanol–water partition coefficient (Wildman–Crippen LogP) is 4.44. The largest absolute Gasteiger partial charge is 0.497 e. The Bertz CT molecular complexity index is 1290. The highest BCUT2D eigenvalue weighted by molar-refractivity contribution is 7.99. The number of methoxy groups -OCH3 is 2. The highest BCUT2D eigenvalue weighted by Crippen LogP contribution is 2.36. The fourth-order valence-electron chi connectivity index (χ4n) is 3.15. The van der Waals surface area contributed by atoms with Crippen molar-refractivity contribution in [1.29, 1.82) is 5.41 Å². The second-order valence-corrected chi connectivity index (χ2v) is 8.03. The summed E-state index contributed by atoms with van der Waals surface area (Å²) in [6, 6.07) is 10.1. The highest BCUT2D eigenvalue weighted by Gasteiger charge is 2.14. The van der Waals surface area contributed by atoms with E-state index < -0.39 is 0 Å². The van der Waals surface area contributed by atoms with Crippen LogP contribution in [-0.4, -0.2) is 33.7 Å². The third-order valence-corrected chi connectivity index (χ3v) is 6.02. The Balaban J connectivity index is 1.67. The molecule has 0 fully saturated rings. The number of hydrogen-bond donors (Lipinski definition) is 2. The van der Waals surface area contributed by atoms with Gasteiger partial charge in [0.2, 0.25) is 0 Å². The molecular weight excluding hydrogens is 441 g/mol. The lowest BCUT2D eigenvalue weighted by molar-refractivity contribution is 0.394. The van der Waals surface area contributed by atoms with Crippen molar-refractivity contribution in [3.63, 3.8) is 0 Å². The van der Waals surface area contributed by atoms with E-state index in [9.17, 15) is 4.39 Å². The Morgan fingerprint density at radius 1 is 1.23 bits per heavy atom. The number of aromatic amines is 1. The fourth-order valence-corrected chi connectivity index (χ4v) is 4.32. The van der Waals surface area contributed by atoms with E-state index in [0.29, 0.717) is 51.4 Å². The standard InChI is InChI=1S/C21H19ClFN5O2S/c1-29-12-6-7-16(30-2)17(10-12)31-21-26-18-19(24)25-11-28(20(18)27-21)9-8-13-14(22)4-3-5-15(13)23/h3-7,10-11,24H,8-9H2,1-2H3,(H,26,27). The Labute approximate surface area is 186 Å². The van der Waals surface area contributed by atoms with Crippen molar-refractivity contribution >= 4 is 34.5 Å². The van der Waals surface area contributed by atoms with Crippen molar-refractivity contribution in [3.05, 3.63) is 64.6 Å². The van der Waals surface area contributed by atoms with Gasteiger partial charge in [-0.05, 0) is 48.5 Å². The van der Waals surface area contributed by atoms with Crippen LogP contribution in [0, 0.1) is 11.2 Å². The molecule has 160 valence electrons. The van der Waals surface area contributed by atoms with Gasteiger partial charge in [0, 0.05) is 17.1 Å². The molecule has 0 atom stereocenters. The molecule has 0 aliphatic rings. The topological polar surface area (TPSA) is 88.8 Å². The van der Waals surface area contributed by atoms with Crippen LogP contribution in [0.4, 0.5) is 4.39 Å². The van der Waals surface area contributed by atoms with Crippen molar-refractivity contribution < 1.29 is 13.9 Å². The van der Waals surface area contributed by atoms with E-state index in [1.807, 2.05) is 18.2 Å². The molecule has 0 aliphatic carbocycles. The van der Waals surface area contributed by atoms with E-state index in [1.165, 1.54) is 24.2 Å². The number of rotatable bonds is 7. The molecule has 2 aromatic heterocycles. The normalized spacial score (nSPS) is 11.1. The van der Waals surface area contributed by atoms with Gasteiger partial charge in [-0.3, -0.25) is 5.41 Å². The van der Waals surface area contributed by atoms with E-state index in [-0.39, 0.29) is 11.3 Å². The van der Waals surface area contributed by atoms with Gasteiger partial charge in [-0.1, -0.05) is 17.7 Å². The first kappa shape index (κ1) is 21.2. The van der Waals surface area contributed by atoms with Crippen molar-refractivity contribution in [2.24, 2.45) is 0 Å². The molecule has 4 aromatic rings. The second-order valence-electron chi connectivity index (χ2n) is 6.60. The lowest BCUT2D eigenvalue weighted by Crippen LogP contribution is -2.14. The molecule has 0 aliphatic heterocycles. The maximum atomic E-state index is 14.1. The zero-order valence-corrected chi connectivity index (χ0v) is 18.4. The summed E-state index contributed by atoms with van der Waals surface area (Å²) in [6.07, 6.45) is 1.89. The summed E-state index contributed by atoms with van der Waals surface area (Å²) in [6.45, 7) is 0.405. The van der Waals surface area contributed by atoms with E-state index in [1.54, 1.807) is 30.9 Å². The molecule has 2 N–H and O–H groups in total. The van der Waals surface area contributed by atoms with Gasteiger partial charge in [-0.25, -0.2) is 14.4 Å². The SMILES string of the molecule is COc1ccc(OC)c(Sc2nc3c([nH]2)c(=N)ncn3CCc2c(F)cccc2Cl)c1. The average molecular weight is 460 g/mol. The molecule has 10 heteroatoms. The Hall–Kier alpha value is -3.04. The van der Waals surface area contributed by atoms with Crippen LogP contribution in [-0.2, 0) is 13.0 Å². The summed E-state index contributed by atoms with van der Waals surface area (Å²) >= 11 is 7.50. The number of hydrogen-bond acceptors (Lipinski definition) is 6. The average Bonchev–Trinajstić information content (AvgIpc) is 3.19. The maximum Gasteiger partial charge on any atom is 0.173 e. The third kappa shape index (κ3) is 4.38. The molecule has 0 saturated carbocycles. The number of halogens is 2. The van der Waals surface area contributed by atoms with Gasteiger partial charge >= 0.3 is 0 Å². The summed E-state index contributed by atoms with van der Waals surface area (Å²) in [4.78, 5) is 12.7. The van der Waals surface area contributed by atoms with Crippen LogP contribution in [0.1, 0.15) is 5.56 Å². The number of benzene rings is 2. The number of ether oxygens (including phenoxy) is 2. The van der Waals surface area contributed by atoms with Crippen LogP contribution >= 0.6 is 23.4 Å². The highest BCUT2D eigenvalue weighted by atomic mass is 35.5. The first-order valence-corrected chi connectivity index (χ1v) is 10.5. The predicted molar refractivity (Wildman–Crippen MR) is 117 cm³/mol. The van der Waals surface area contributed by atoms with E-state index in [2.05, 4.69) is 15.0 Å². The number of fused-ring (bicyclic) bond motifs is 1. The zero-order chi connectivity index (χ0) is 22.0. The minimum atomic E-state index is -0.349. The number of H-pyrrole nitrogens is 1. The van der Waals surface area contributed by atoms with Crippen LogP contribution in [0.5, 0.6) is 11.5 Å². The summed E-state index contributed by atoms with van der Waals surface area (Å²) in [5.41, 5.74) is 1.56. The number of aryl methyl sites for hydroxylation is 1. The van der Waals surface area contributed by atoms with Gasteiger partial charge in [0.25, 0.3) is 0 Å². The number of aromatic nitrogens is 4.